The summed E-state index contributed by atoms with van der Waals surface area (Å²) in [6.07, 6.45) is 3.93. The predicted molar refractivity (Wildman–Crippen MR) is 45.9 cm³/mol. The van der Waals surface area contributed by atoms with E-state index in [-0.39, 0.29) is 6.10 Å². The van der Waals surface area contributed by atoms with Crippen molar-refractivity contribution in [1.82, 2.24) is 9.78 Å². The maximum atomic E-state index is 9.46. The molecule has 0 saturated heterocycles. The van der Waals surface area contributed by atoms with E-state index in [1.807, 2.05) is 24.9 Å². The number of aliphatic hydroxyl groups is 1. The van der Waals surface area contributed by atoms with E-state index in [0.717, 1.165) is 18.5 Å². The second kappa shape index (κ2) is 2.59. The molecule has 3 nitrogen and oxygen atoms in total. The Morgan fingerprint density at radius 2 is 2.33 bits per heavy atom. The normalized spacial score (nSPS) is 28.6. The highest BCUT2D eigenvalue weighted by atomic mass is 16.3. The van der Waals surface area contributed by atoms with Gasteiger partial charge in [-0.05, 0) is 25.3 Å². The molecule has 3 heteroatoms. The highest BCUT2D eigenvalue weighted by molar-refractivity contribution is 5.24. The van der Waals surface area contributed by atoms with Crippen LogP contribution in [0.25, 0.3) is 0 Å². The fraction of sp³-hybridized carbons (Fsp3) is 0.667. The van der Waals surface area contributed by atoms with E-state index < -0.39 is 0 Å². The molecular weight excluding hydrogens is 152 g/mol. The number of hydrogen-bond acceptors (Lipinski definition) is 2. The largest absolute Gasteiger partial charge is 0.392 e. The van der Waals surface area contributed by atoms with Crippen molar-refractivity contribution in [1.29, 1.82) is 0 Å². The maximum Gasteiger partial charge on any atom is 0.0629 e. The van der Waals surface area contributed by atoms with E-state index in [0.29, 0.717) is 5.92 Å². The van der Waals surface area contributed by atoms with Crippen molar-refractivity contribution >= 4 is 0 Å². The Kier molecular flexibility index (Phi) is 1.68. The average Bonchev–Trinajstić information content (AvgIpc) is 2.28. The average molecular weight is 166 g/mol. The van der Waals surface area contributed by atoms with Gasteiger partial charge in [-0.1, -0.05) is 0 Å². The molecule has 2 atom stereocenters. The van der Waals surface area contributed by atoms with E-state index in [4.69, 9.17) is 0 Å². The molecular formula is C9H14N2O. The second-order valence-electron chi connectivity index (χ2n) is 3.59. The fourth-order valence-electron chi connectivity index (χ4n) is 1.83. The molecule has 1 saturated carbocycles. The van der Waals surface area contributed by atoms with Gasteiger partial charge in [0.15, 0.2) is 0 Å². The first kappa shape index (κ1) is 7.80. The van der Waals surface area contributed by atoms with Crippen LogP contribution >= 0.6 is 0 Å². The molecule has 1 aromatic heterocycles. The van der Waals surface area contributed by atoms with Crippen LogP contribution in [0, 0.1) is 6.92 Å². The summed E-state index contributed by atoms with van der Waals surface area (Å²) in [6.45, 7) is 2.00. The van der Waals surface area contributed by atoms with Gasteiger partial charge in [0.2, 0.25) is 0 Å². The Hall–Kier alpha value is -0.830. The summed E-state index contributed by atoms with van der Waals surface area (Å²) in [4.78, 5) is 0. The summed E-state index contributed by atoms with van der Waals surface area (Å²) in [6, 6.07) is 0. The summed E-state index contributed by atoms with van der Waals surface area (Å²) >= 11 is 0. The minimum Gasteiger partial charge on any atom is -0.392 e. The molecule has 12 heavy (non-hydrogen) atoms. The number of rotatable bonds is 1. The Labute approximate surface area is 72.0 Å². The van der Waals surface area contributed by atoms with Crippen molar-refractivity contribution in [2.24, 2.45) is 7.05 Å². The lowest BCUT2D eigenvalue weighted by molar-refractivity contribution is 0.0658. The van der Waals surface area contributed by atoms with E-state index in [1.165, 1.54) is 5.56 Å². The summed E-state index contributed by atoms with van der Waals surface area (Å²) in [5.74, 6) is 0.346. The van der Waals surface area contributed by atoms with Crippen LogP contribution in [0.5, 0.6) is 0 Å². The first-order valence-electron chi connectivity index (χ1n) is 4.36. The number of aryl methyl sites for hydroxylation is 2. The Morgan fingerprint density at radius 1 is 1.58 bits per heavy atom. The summed E-state index contributed by atoms with van der Waals surface area (Å²) in [7, 11) is 1.92. The number of aliphatic hydroxyl groups excluding tert-OH is 1. The fourth-order valence-corrected chi connectivity index (χ4v) is 1.83. The smallest absolute Gasteiger partial charge is 0.0629 e. The second-order valence-corrected chi connectivity index (χ2v) is 3.59. The zero-order valence-electron chi connectivity index (χ0n) is 7.49. The van der Waals surface area contributed by atoms with Crippen LogP contribution in [0.3, 0.4) is 0 Å². The number of nitrogens with zero attached hydrogens (tertiary/aromatic N) is 2. The number of aromatic nitrogens is 2. The van der Waals surface area contributed by atoms with Gasteiger partial charge in [-0.25, -0.2) is 0 Å². The third-order valence-corrected chi connectivity index (χ3v) is 2.69. The van der Waals surface area contributed by atoms with Gasteiger partial charge < -0.3 is 5.11 Å². The number of hydrogen-bond donors (Lipinski definition) is 1. The molecule has 1 aromatic rings. The lowest BCUT2D eigenvalue weighted by Gasteiger charge is -2.31. The van der Waals surface area contributed by atoms with Crippen LogP contribution < -0.4 is 0 Å². The molecule has 0 spiro atoms. The molecule has 1 fully saturated rings. The minimum atomic E-state index is -0.132. The summed E-state index contributed by atoms with van der Waals surface area (Å²) in [5.41, 5.74) is 2.28. The van der Waals surface area contributed by atoms with Gasteiger partial charge in [0.1, 0.15) is 0 Å². The third-order valence-electron chi connectivity index (χ3n) is 2.69. The molecule has 2 rings (SSSR count). The molecule has 66 valence electrons. The van der Waals surface area contributed by atoms with Crippen molar-refractivity contribution < 1.29 is 5.11 Å². The minimum absolute atomic E-state index is 0.132. The van der Waals surface area contributed by atoms with Gasteiger partial charge in [0.25, 0.3) is 0 Å². The monoisotopic (exact) mass is 166 g/mol. The van der Waals surface area contributed by atoms with Crippen LogP contribution in [0.2, 0.25) is 0 Å². The Morgan fingerprint density at radius 3 is 2.67 bits per heavy atom. The predicted octanol–water partition coefficient (Wildman–Crippen LogP) is 0.967. The van der Waals surface area contributed by atoms with Crippen molar-refractivity contribution in [2.75, 3.05) is 0 Å². The molecule has 0 aromatic carbocycles. The van der Waals surface area contributed by atoms with Crippen LogP contribution in [0.4, 0.5) is 0 Å². The van der Waals surface area contributed by atoms with Gasteiger partial charge in [0.05, 0.1) is 11.8 Å². The Balaban J connectivity index is 2.27. The van der Waals surface area contributed by atoms with Crippen LogP contribution in [-0.2, 0) is 7.05 Å². The molecule has 1 N–H and O–H groups in total. The lowest BCUT2D eigenvalue weighted by atomic mass is 9.77. The third kappa shape index (κ3) is 1.05. The topological polar surface area (TPSA) is 38.0 Å². The van der Waals surface area contributed by atoms with Crippen LogP contribution in [0.1, 0.15) is 30.0 Å². The highest BCUT2D eigenvalue weighted by Gasteiger charge is 2.32. The summed E-state index contributed by atoms with van der Waals surface area (Å²) in [5, 5.41) is 13.7. The molecule has 0 aliphatic heterocycles. The molecule has 2 unspecified atom stereocenters. The molecule has 1 aliphatic carbocycles. The highest BCUT2D eigenvalue weighted by Crippen LogP contribution is 2.37. The van der Waals surface area contributed by atoms with Gasteiger partial charge >= 0.3 is 0 Å². The van der Waals surface area contributed by atoms with Crippen LogP contribution in [0.15, 0.2) is 6.20 Å². The molecule has 1 heterocycles. The zero-order valence-corrected chi connectivity index (χ0v) is 7.49. The summed E-state index contributed by atoms with van der Waals surface area (Å²) < 4.78 is 1.82. The molecule has 0 bridgehead atoms. The van der Waals surface area contributed by atoms with E-state index in [1.54, 1.807) is 0 Å². The van der Waals surface area contributed by atoms with Crippen molar-refractivity contribution in [3.05, 3.63) is 17.5 Å². The van der Waals surface area contributed by atoms with Gasteiger partial charge in [0, 0.05) is 19.2 Å². The van der Waals surface area contributed by atoms with Crippen LogP contribution in [-0.4, -0.2) is 21.0 Å². The van der Waals surface area contributed by atoms with Crippen molar-refractivity contribution in [3.8, 4) is 0 Å². The SMILES string of the molecule is Cc1nn(C)cc1C1CCC1O. The van der Waals surface area contributed by atoms with Gasteiger partial charge in [-0.15, -0.1) is 0 Å². The van der Waals surface area contributed by atoms with Gasteiger partial charge in [-0.3, -0.25) is 4.68 Å². The van der Waals surface area contributed by atoms with Gasteiger partial charge in [-0.2, -0.15) is 5.10 Å². The van der Waals surface area contributed by atoms with E-state index in [9.17, 15) is 5.11 Å². The maximum absolute atomic E-state index is 9.46. The van der Waals surface area contributed by atoms with Crippen molar-refractivity contribution in [2.45, 2.75) is 31.8 Å². The molecule has 1 aliphatic rings. The van der Waals surface area contributed by atoms with E-state index >= 15 is 0 Å². The zero-order chi connectivity index (χ0) is 8.72. The first-order chi connectivity index (χ1) is 5.68. The van der Waals surface area contributed by atoms with Crippen molar-refractivity contribution in [3.63, 3.8) is 0 Å². The first-order valence-corrected chi connectivity index (χ1v) is 4.36. The lowest BCUT2D eigenvalue weighted by Crippen LogP contribution is -2.29. The molecule has 0 radical (unpaired) electrons. The molecule has 0 amide bonds. The quantitative estimate of drug-likeness (QED) is 0.675. The Bertz CT molecular complexity index is 293. The van der Waals surface area contributed by atoms with E-state index in [2.05, 4.69) is 5.10 Å². The standard InChI is InChI=1S/C9H14N2O/c1-6-8(5-11(2)10-6)7-3-4-9(7)12/h5,7,9,12H,3-4H2,1-2H3.